The van der Waals surface area contributed by atoms with E-state index in [9.17, 15) is 14.4 Å². The molecule has 2 aromatic rings. The van der Waals surface area contributed by atoms with Crippen LogP contribution in [0.1, 0.15) is 54.3 Å². The number of hydrogen-bond donors (Lipinski definition) is 1. The van der Waals surface area contributed by atoms with E-state index >= 15 is 0 Å². The topological polar surface area (TPSA) is 101 Å². The van der Waals surface area contributed by atoms with Crippen molar-refractivity contribution in [1.82, 2.24) is 20.4 Å². The Morgan fingerprint density at radius 1 is 1.18 bits per heavy atom. The van der Waals surface area contributed by atoms with E-state index in [-0.39, 0.29) is 42.1 Å². The highest BCUT2D eigenvalue weighted by molar-refractivity contribution is 7.17. The third-order valence-electron chi connectivity index (χ3n) is 7.42. The number of carbonyl (C=O) groups excluding carboxylic acids is 3. The lowest BCUT2D eigenvalue weighted by Crippen LogP contribution is -2.55. The summed E-state index contributed by atoms with van der Waals surface area (Å²) in [6, 6.07) is 2.53. The second-order valence-electron chi connectivity index (χ2n) is 9.75. The Hall–Kier alpha value is -2.65. The largest absolute Gasteiger partial charge is 0.367 e. The van der Waals surface area contributed by atoms with E-state index in [1.165, 1.54) is 11.3 Å². The van der Waals surface area contributed by atoms with Gasteiger partial charge in [-0.3, -0.25) is 14.4 Å². The number of thiophene rings is 1. The van der Waals surface area contributed by atoms with Gasteiger partial charge in [-0.1, -0.05) is 26.2 Å². The quantitative estimate of drug-likeness (QED) is 0.703. The first-order chi connectivity index (χ1) is 16.4. The van der Waals surface area contributed by atoms with Gasteiger partial charge in [0, 0.05) is 22.9 Å². The van der Waals surface area contributed by atoms with Crippen molar-refractivity contribution in [2.75, 3.05) is 13.2 Å². The number of likely N-dealkylation sites (tertiary alicyclic amines) is 1. The zero-order chi connectivity index (χ0) is 23.8. The fourth-order valence-electron chi connectivity index (χ4n) is 5.60. The van der Waals surface area contributed by atoms with Crippen molar-refractivity contribution >= 4 is 28.9 Å². The summed E-state index contributed by atoms with van der Waals surface area (Å²) < 4.78 is 5.67. The molecule has 5 rings (SSSR count). The molecule has 1 aliphatic carbocycles. The molecule has 0 aromatic carbocycles. The maximum Gasteiger partial charge on any atom is 0.262 e. The van der Waals surface area contributed by atoms with Gasteiger partial charge in [-0.15, -0.1) is 11.3 Å². The molecule has 1 N–H and O–H groups in total. The molecule has 34 heavy (non-hydrogen) atoms. The van der Waals surface area contributed by atoms with E-state index in [2.05, 4.69) is 15.5 Å². The minimum absolute atomic E-state index is 0.0411. The Kier molecular flexibility index (Phi) is 6.48. The van der Waals surface area contributed by atoms with E-state index < -0.39 is 12.1 Å². The van der Waals surface area contributed by atoms with Crippen LogP contribution in [0.4, 0.5) is 0 Å². The highest BCUT2D eigenvalue weighted by atomic mass is 32.1. The zero-order valence-electron chi connectivity index (χ0n) is 19.5. The van der Waals surface area contributed by atoms with Gasteiger partial charge in [-0.2, -0.15) is 10.2 Å². The maximum absolute atomic E-state index is 13.8. The molecular weight excluding hydrogens is 452 g/mol. The molecule has 3 fully saturated rings. The molecule has 2 aliphatic heterocycles. The number of Topliss-reactive ketones (excluding diaryl/α,β-unsaturated/α-hetero) is 1. The summed E-state index contributed by atoms with van der Waals surface area (Å²) in [5.41, 5.74) is 1.93. The second-order valence-corrected chi connectivity index (χ2v) is 10.8. The Morgan fingerprint density at radius 2 is 1.94 bits per heavy atom. The van der Waals surface area contributed by atoms with Crippen molar-refractivity contribution in [2.24, 2.45) is 11.8 Å². The number of nitrogens with zero attached hydrogens (tertiary/aromatic N) is 3. The number of ketones is 1. The normalized spacial score (nSPS) is 25.9. The lowest BCUT2D eigenvalue weighted by Gasteiger charge is -2.34. The summed E-state index contributed by atoms with van der Waals surface area (Å²) in [5, 5.41) is 10.9. The van der Waals surface area contributed by atoms with Crippen LogP contribution in [0.5, 0.6) is 0 Å². The number of aromatic nitrogens is 2. The standard InChI is InChI=1S/C25H30N4O4S/c1-14-10-26-27-11-17(14)19-8-9-20(34-19)24(31)28-21(16-6-4-3-5-7-16)25(32)29-12-15(2)23-22(29)18(30)13-33-23/h8-11,15-16,21-23H,3-7,12-13H2,1-2H3,(H,28,31)/t15-,21-,22+,23+/m0/s1. The minimum atomic E-state index is -0.637. The number of aryl methyl sites for hydroxylation is 1. The van der Waals surface area contributed by atoms with Crippen LogP contribution in [0, 0.1) is 18.8 Å². The van der Waals surface area contributed by atoms with Gasteiger partial charge in [0.1, 0.15) is 18.7 Å². The molecule has 4 heterocycles. The Morgan fingerprint density at radius 3 is 2.71 bits per heavy atom. The van der Waals surface area contributed by atoms with Crippen LogP contribution < -0.4 is 5.32 Å². The number of fused-ring (bicyclic) bond motifs is 1. The molecule has 2 saturated heterocycles. The third-order valence-corrected chi connectivity index (χ3v) is 8.54. The van der Waals surface area contributed by atoms with Gasteiger partial charge < -0.3 is 15.0 Å². The van der Waals surface area contributed by atoms with Gasteiger partial charge in [-0.05, 0) is 43.4 Å². The fourth-order valence-corrected chi connectivity index (χ4v) is 6.59. The molecule has 1 saturated carbocycles. The highest BCUT2D eigenvalue weighted by Crippen LogP contribution is 2.35. The first kappa shape index (κ1) is 23.1. The third kappa shape index (κ3) is 4.27. The van der Waals surface area contributed by atoms with E-state index in [4.69, 9.17) is 4.74 Å². The van der Waals surface area contributed by atoms with Crippen molar-refractivity contribution in [3.05, 3.63) is 35.0 Å². The molecular formula is C25H30N4O4S. The molecule has 180 valence electrons. The minimum Gasteiger partial charge on any atom is -0.367 e. The van der Waals surface area contributed by atoms with Crippen LogP contribution in [-0.4, -0.2) is 64.0 Å². The number of amides is 2. The maximum atomic E-state index is 13.8. The van der Waals surface area contributed by atoms with Crippen LogP contribution >= 0.6 is 11.3 Å². The van der Waals surface area contributed by atoms with Crippen LogP contribution in [0.15, 0.2) is 24.5 Å². The highest BCUT2D eigenvalue weighted by Gasteiger charge is 2.52. The van der Waals surface area contributed by atoms with Crippen LogP contribution in [-0.2, 0) is 14.3 Å². The van der Waals surface area contributed by atoms with Gasteiger partial charge in [-0.25, -0.2) is 0 Å². The number of hydrogen-bond acceptors (Lipinski definition) is 7. The average Bonchev–Trinajstić information content (AvgIpc) is 3.56. The van der Waals surface area contributed by atoms with Gasteiger partial charge in [0.2, 0.25) is 5.91 Å². The van der Waals surface area contributed by atoms with Gasteiger partial charge in [0.05, 0.1) is 23.4 Å². The van der Waals surface area contributed by atoms with E-state index in [0.29, 0.717) is 11.4 Å². The van der Waals surface area contributed by atoms with Crippen molar-refractivity contribution in [1.29, 1.82) is 0 Å². The molecule has 0 unspecified atom stereocenters. The zero-order valence-corrected chi connectivity index (χ0v) is 20.3. The smallest absolute Gasteiger partial charge is 0.262 e. The first-order valence-corrected chi connectivity index (χ1v) is 12.9. The van der Waals surface area contributed by atoms with E-state index in [1.54, 1.807) is 23.4 Å². The van der Waals surface area contributed by atoms with Crippen molar-refractivity contribution in [2.45, 2.75) is 64.1 Å². The molecule has 8 nitrogen and oxygen atoms in total. The molecule has 0 spiro atoms. The summed E-state index contributed by atoms with van der Waals surface area (Å²) >= 11 is 1.38. The number of ether oxygens (including phenoxy) is 1. The lowest BCUT2D eigenvalue weighted by atomic mass is 9.83. The molecule has 2 amide bonds. The summed E-state index contributed by atoms with van der Waals surface area (Å²) in [5.74, 6) is -0.272. The van der Waals surface area contributed by atoms with Gasteiger partial charge in [0.15, 0.2) is 5.78 Å². The average molecular weight is 483 g/mol. The summed E-state index contributed by atoms with van der Waals surface area (Å²) in [7, 11) is 0. The second kappa shape index (κ2) is 9.54. The van der Waals surface area contributed by atoms with Crippen LogP contribution in [0.25, 0.3) is 10.4 Å². The van der Waals surface area contributed by atoms with Crippen molar-refractivity contribution < 1.29 is 19.1 Å². The molecule has 2 aromatic heterocycles. The number of rotatable bonds is 5. The molecule has 3 aliphatic rings. The summed E-state index contributed by atoms with van der Waals surface area (Å²) in [4.78, 5) is 42.8. The first-order valence-electron chi connectivity index (χ1n) is 12.1. The SMILES string of the molecule is Cc1cnncc1-c1ccc(C(=O)N[C@H](C(=O)N2C[C@H](C)[C@H]3OCC(=O)[C@H]32)C2CCCCC2)s1. The monoisotopic (exact) mass is 482 g/mol. The van der Waals surface area contributed by atoms with Crippen molar-refractivity contribution in [3.63, 3.8) is 0 Å². The van der Waals surface area contributed by atoms with Crippen LogP contribution in [0.3, 0.4) is 0 Å². The number of carbonyl (C=O) groups is 3. The summed E-state index contributed by atoms with van der Waals surface area (Å²) in [6.07, 6.45) is 8.20. The molecule has 9 heteroatoms. The summed E-state index contributed by atoms with van der Waals surface area (Å²) in [6.45, 7) is 4.52. The fraction of sp³-hybridized carbons (Fsp3) is 0.560. The lowest BCUT2D eigenvalue weighted by molar-refractivity contribution is -0.139. The Balaban J connectivity index is 1.38. The molecule has 4 atom stereocenters. The number of nitrogens with one attached hydrogen (secondary N) is 1. The van der Waals surface area contributed by atoms with E-state index in [1.807, 2.05) is 19.9 Å². The van der Waals surface area contributed by atoms with Gasteiger partial charge in [0.25, 0.3) is 5.91 Å². The van der Waals surface area contributed by atoms with Gasteiger partial charge >= 0.3 is 0 Å². The predicted octanol–water partition coefficient (Wildman–Crippen LogP) is 3.01. The molecule has 0 bridgehead atoms. The van der Waals surface area contributed by atoms with E-state index in [0.717, 1.165) is 48.1 Å². The van der Waals surface area contributed by atoms with Crippen LogP contribution in [0.2, 0.25) is 0 Å². The molecule has 0 radical (unpaired) electrons. The predicted molar refractivity (Wildman–Crippen MR) is 127 cm³/mol. The van der Waals surface area contributed by atoms with Crippen molar-refractivity contribution in [3.8, 4) is 10.4 Å². The Labute approximate surface area is 203 Å². The Bertz CT molecular complexity index is 1100.